The highest BCUT2D eigenvalue weighted by atomic mass is 35.5. The first kappa shape index (κ1) is 15.7. The van der Waals surface area contributed by atoms with Gasteiger partial charge in [0.25, 0.3) is 0 Å². The van der Waals surface area contributed by atoms with E-state index in [1.807, 2.05) is 12.2 Å². The van der Waals surface area contributed by atoms with Crippen LogP contribution in [0.3, 0.4) is 0 Å². The van der Waals surface area contributed by atoms with Crippen molar-refractivity contribution in [2.45, 2.75) is 25.1 Å². The molecule has 5 heteroatoms. The summed E-state index contributed by atoms with van der Waals surface area (Å²) in [6, 6.07) is 0. The lowest BCUT2D eigenvalue weighted by Crippen LogP contribution is -2.05. The second-order valence-corrected chi connectivity index (χ2v) is 5.72. The lowest BCUT2D eigenvalue weighted by Gasteiger charge is -2.10. The van der Waals surface area contributed by atoms with Gasteiger partial charge in [0.1, 0.15) is 0 Å². The van der Waals surface area contributed by atoms with Gasteiger partial charge in [-0.05, 0) is 13.3 Å². The van der Waals surface area contributed by atoms with Crippen LogP contribution in [0.15, 0.2) is 34.2 Å². The van der Waals surface area contributed by atoms with Crippen molar-refractivity contribution < 1.29 is 9.53 Å². The number of alkyl halides is 1. The normalized spacial score (nSPS) is 19.9. The SMILES string of the molecule is C=C1CC=CC(SCCC(=O)OCC)=C(Cl)C1Cl. The van der Waals surface area contributed by atoms with Crippen LogP contribution in [0, 0.1) is 0 Å². The van der Waals surface area contributed by atoms with Gasteiger partial charge in [0, 0.05) is 10.7 Å². The Morgan fingerprint density at radius 3 is 3.06 bits per heavy atom. The summed E-state index contributed by atoms with van der Waals surface area (Å²) in [5, 5.41) is 0.246. The highest BCUT2D eigenvalue weighted by Crippen LogP contribution is 2.35. The molecule has 0 N–H and O–H groups in total. The Kier molecular flexibility index (Phi) is 6.90. The predicted octanol–water partition coefficient (Wildman–Crippen LogP) is 4.25. The van der Waals surface area contributed by atoms with Gasteiger partial charge in [-0.1, -0.05) is 35.9 Å². The van der Waals surface area contributed by atoms with Crippen LogP contribution in [-0.4, -0.2) is 23.7 Å². The van der Waals surface area contributed by atoms with Crippen molar-refractivity contribution in [2.75, 3.05) is 12.4 Å². The maximum atomic E-state index is 11.2. The fourth-order valence-corrected chi connectivity index (χ4v) is 2.99. The molecule has 0 radical (unpaired) electrons. The number of thioether (sulfide) groups is 1. The molecular formula is C13H16Cl2O2S. The van der Waals surface area contributed by atoms with Gasteiger partial charge in [0.15, 0.2) is 0 Å². The molecule has 0 spiro atoms. The minimum atomic E-state index is -0.341. The number of hydrogen-bond acceptors (Lipinski definition) is 3. The number of carbonyl (C=O) groups excluding carboxylic acids is 1. The van der Waals surface area contributed by atoms with E-state index in [9.17, 15) is 4.79 Å². The van der Waals surface area contributed by atoms with E-state index in [4.69, 9.17) is 27.9 Å². The van der Waals surface area contributed by atoms with E-state index in [1.54, 1.807) is 6.92 Å². The number of rotatable bonds is 5. The molecular weight excluding hydrogens is 291 g/mol. The van der Waals surface area contributed by atoms with E-state index >= 15 is 0 Å². The van der Waals surface area contributed by atoms with Crippen molar-refractivity contribution in [3.05, 3.63) is 34.2 Å². The first-order valence-corrected chi connectivity index (χ1v) is 7.52. The molecule has 0 saturated heterocycles. The van der Waals surface area contributed by atoms with Crippen LogP contribution in [0.25, 0.3) is 0 Å². The van der Waals surface area contributed by atoms with Crippen LogP contribution in [0.1, 0.15) is 19.8 Å². The van der Waals surface area contributed by atoms with Crippen molar-refractivity contribution >= 4 is 40.9 Å². The third-order valence-corrected chi connectivity index (χ3v) is 4.58. The van der Waals surface area contributed by atoms with Crippen molar-refractivity contribution in [3.8, 4) is 0 Å². The zero-order valence-corrected chi connectivity index (χ0v) is 12.6. The average molecular weight is 307 g/mol. The van der Waals surface area contributed by atoms with Crippen LogP contribution >= 0.6 is 35.0 Å². The van der Waals surface area contributed by atoms with E-state index in [0.717, 1.165) is 16.9 Å². The summed E-state index contributed by atoms with van der Waals surface area (Å²) in [6.07, 6.45) is 5.02. The largest absolute Gasteiger partial charge is 0.466 e. The highest BCUT2D eigenvalue weighted by Gasteiger charge is 2.18. The summed E-state index contributed by atoms with van der Waals surface area (Å²) in [5.41, 5.74) is 0.888. The minimum absolute atomic E-state index is 0.189. The van der Waals surface area contributed by atoms with Gasteiger partial charge >= 0.3 is 5.97 Å². The second-order valence-electron chi connectivity index (χ2n) is 3.74. The van der Waals surface area contributed by atoms with Crippen molar-refractivity contribution in [2.24, 2.45) is 0 Å². The third-order valence-electron chi connectivity index (χ3n) is 2.33. The molecule has 0 saturated carbocycles. The molecule has 1 atom stereocenters. The van der Waals surface area contributed by atoms with Crippen molar-refractivity contribution in [3.63, 3.8) is 0 Å². The molecule has 0 fully saturated rings. The molecule has 0 bridgehead atoms. The number of allylic oxidation sites excluding steroid dienone is 4. The molecule has 18 heavy (non-hydrogen) atoms. The lowest BCUT2D eigenvalue weighted by atomic mass is 10.1. The topological polar surface area (TPSA) is 26.3 Å². The number of halogens is 2. The summed E-state index contributed by atoms with van der Waals surface area (Å²) in [5.74, 6) is 0.441. The molecule has 2 nitrogen and oxygen atoms in total. The number of esters is 1. The molecule has 0 aromatic rings. The maximum absolute atomic E-state index is 11.2. The van der Waals surface area contributed by atoms with Crippen molar-refractivity contribution in [1.29, 1.82) is 0 Å². The fourth-order valence-electron chi connectivity index (χ4n) is 1.40. The number of carbonyl (C=O) groups is 1. The molecule has 0 aromatic heterocycles. The van der Waals surface area contributed by atoms with Gasteiger partial charge < -0.3 is 4.74 Å². The second kappa shape index (κ2) is 7.93. The van der Waals surface area contributed by atoms with E-state index in [0.29, 0.717) is 23.8 Å². The first-order valence-electron chi connectivity index (χ1n) is 5.72. The van der Waals surface area contributed by atoms with E-state index < -0.39 is 0 Å². The molecule has 0 amide bonds. The highest BCUT2D eigenvalue weighted by molar-refractivity contribution is 8.03. The fraction of sp³-hybridized carbons (Fsp3) is 0.462. The van der Waals surface area contributed by atoms with Crippen LogP contribution in [0.2, 0.25) is 0 Å². The quantitative estimate of drug-likeness (QED) is 0.431. The van der Waals surface area contributed by atoms with Crippen LogP contribution in [0.4, 0.5) is 0 Å². The summed E-state index contributed by atoms with van der Waals surface area (Å²) >= 11 is 13.9. The van der Waals surface area contributed by atoms with E-state index in [2.05, 4.69) is 6.58 Å². The zero-order chi connectivity index (χ0) is 13.5. The van der Waals surface area contributed by atoms with Gasteiger partial charge in [-0.2, -0.15) is 0 Å². The molecule has 1 unspecified atom stereocenters. The van der Waals surface area contributed by atoms with Gasteiger partial charge in [0.05, 0.1) is 23.4 Å². The van der Waals surface area contributed by atoms with E-state index in [1.165, 1.54) is 11.8 Å². The molecule has 1 aliphatic rings. The lowest BCUT2D eigenvalue weighted by molar-refractivity contribution is -0.142. The Morgan fingerprint density at radius 2 is 2.39 bits per heavy atom. The summed E-state index contributed by atoms with van der Waals surface area (Å²) in [4.78, 5) is 12.1. The molecule has 0 aromatic carbocycles. The molecule has 1 aliphatic carbocycles. The Labute approximate surface area is 122 Å². The van der Waals surface area contributed by atoms with Gasteiger partial charge in [-0.15, -0.1) is 23.4 Å². The van der Waals surface area contributed by atoms with Crippen LogP contribution < -0.4 is 0 Å². The molecule has 1 rings (SSSR count). The van der Waals surface area contributed by atoms with Crippen molar-refractivity contribution in [1.82, 2.24) is 0 Å². The Bertz CT molecular complexity index is 388. The number of ether oxygens (including phenoxy) is 1. The van der Waals surface area contributed by atoms with Gasteiger partial charge in [-0.25, -0.2) is 0 Å². The summed E-state index contributed by atoms with van der Waals surface area (Å²) in [7, 11) is 0. The number of hydrogen-bond donors (Lipinski definition) is 0. The third kappa shape index (κ3) is 4.71. The monoisotopic (exact) mass is 306 g/mol. The molecule has 100 valence electrons. The smallest absolute Gasteiger partial charge is 0.306 e. The molecule has 0 aliphatic heterocycles. The maximum Gasteiger partial charge on any atom is 0.306 e. The summed E-state index contributed by atoms with van der Waals surface area (Å²) < 4.78 is 4.86. The predicted molar refractivity (Wildman–Crippen MR) is 79.1 cm³/mol. The van der Waals surface area contributed by atoms with E-state index in [-0.39, 0.29) is 11.3 Å². The average Bonchev–Trinajstić information content (AvgIpc) is 2.45. The first-order chi connectivity index (χ1) is 8.56. The van der Waals surface area contributed by atoms with Crippen LogP contribution in [0.5, 0.6) is 0 Å². The molecule has 0 heterocycles. The Hall–Kier alpha value is -0.380. The Balaban J connectivity index is 2.54. The minimum Gasteiger partial charge on any atom is -0.466 e. The Morgan fingerprint density at radius 1 is 1.67 bits per heavy atom. The zero-order valence-electron chi connectivity index (χ0n) is 10.2. The summed E-state index contributed by atoms with van der Waals surface area (Å²) in [6.45, 7) is 6.09. The van der Waals surface area contributed by atoms with Gasteiger partial charge in [0.2, 0.25) is 0 Å². The van der Waals surface area contributed by atoms with Gasteiger partial charge in [-0.3, -0.25) is 4.79 Å². The standard InChI is InChI=1S/C13H16Cl2O2S/c1-3-17-11(16)7-8-18-10-6-4-5-9(2)12(14)13(10)15/h4,6,12H,2-3,5,7-8H2,1H3. The van der Waals surface area contributed by atoms with Crippen LogP contribution in [-0.2, 0) is 9.53 Å².